The van der Waals surface area contributed by atoms with Gasteiger partial charge < -0.3 is 10.2 Å². The van der Waals surface area contributed by atoms with Crippen LogP contribution in [0.2, 0.25) is 0 Å². The van der Waals surface area contributed by atoms with Crippen LogP contribution in [-0.4, -0.2) is 41.9 Å². The Kier molecular flexibility index (Phi) is 4.62. The molecule has 0 saturated carbocycles. The Hall–Kier alpha value is -0.810. The van der Waals surface area contributed by atoms with Gasteiger partial charge in [0.25, 0.3) is 0 Å². The van der Waals surface area contributed by atoms with Gasteiger partial charge in [-0.1, -0.05) is 0 Å². The van der Waals surface area contributed by atoms with Gasteiger partial charge in [0.1, 0.15) is 0 Å². The monoisotopic (exact) mass is 252 g/mol. The van der Waals surface area contributed by atoms with Crippen molar-refractivity contribution in [2.24, 2.45) is 0 Å². The van der Waals surface area contributed by atoms with Crippen molar-refractivity contribution >= 4 is 17.7 Å². The molecule has 1 saturated heterocycles. The number of aromatic nitrogens is 2. The highest BCUT2D eigenvalue weighted by atomic mass is 32.2. The van der Waals surface area contributed by atoms with E-state index in [4.69, 9.17) is 0 Å². The summed E-state index contributed by atoms with van der Waals surface area (Å²) in [5.74, 6) is 0.846. The van der Waals surface area contributed by atoms with Gasteiger partial charge in [-0.15, -0.1) is 11.8 Å². The van der Waals surface area contributed by atoms with Crippen LogP contribution in [0, 0.1) is 0 Å². The Morgan fingerprint density at radius 3 is 2.76 bits per heavy atom. The van der Waals surface area contributed by atoms with Crippen molar-refractivity contribution in [1.82, 2.24) is 15.3 Å². The van der Waals surface area contributed by atoms with Crippen molar-refractivity contribution in [1.29, 1.82) is 0 Å². The zero-order valence-corrected chi connectivity index (χ0v) is 11.3. The Morgan fingerprint density at radius 2 is 2.24 bits per heavy atom. The van der Waals surface area contributed by atoms with Crippen molar-refractivity contribution in [2.75, 3.05) is 30.8 Å². The van der Waals surface area contributed by atoms with Crippen LogP contribution >= 0.6 is 11.8 Å². The number of thioether (sulfide) groups is 1. The molecule has 1 aliphatic heterocycles. The summed E-state index contributed by atoms with van der Waals surface area (Å²) in [5.41, 5.74) is 0. The van der Waals surface area contributed by atoms with Gasteiger partial charge in [0, 0.05) is 36.4 Å². The van der Waals surface area contributed by atoms with Crippen LogP contribution < -0.4 is 10.2 Å². The van der Waals surface area contributed by atoms with Crippen LogP contribution in [0.4, 0.5) is 5.95 Å². The first kappa shape index (κ1) is 12.6. The second-order valence-electron chi connectivity index (χ2n) is 4.25. The molecular weight excluding hydrogens is 232 g/mol. The summed E-state index contributed by atoms with van der Waals surface area (Å²) in [6.45, 7) is 5.27. The van der Waals surface area contributed by atoms with Crippen molar-refractivity contribution < 1.29 is 0 Å². The van der Waals surface area contributed by atoms with E-state index in [1.807, 2.05) is 18.6 Å². The molecule has 0 radical (unpaired) electrons. The topological polar surface area (TPSA) is 41.0 Å². The number of likely N-dealkylation sites (N-methyl/N-ethyl adjacent to an activating group) is 1. The van der Waals surface area contributed by atoms with Crippen LogP contribution in [0.3, 0.4) is 0 Å². The van der Waals surface area contributed by atoms with E-state index < -0.39 is 0 Å². The second kappa shape index (κ2) is 6.21. The van der Waals surface area contributed by atoms with Crippen LogP contribution in [0.25, 0.3) is 0 Å². The van der Waals surface area contributed by atoms with Crippen molar-refractivity contribution in [3.8, 4) is 0 Å². The molecule has 0 aliphatic carbocycles. The SMILES string of the molecule is CCN(C[C@H]1CCCN1)c1ncc(SC)cn1. The van der Waals surface area contributed by atoms with Crippen LogP contribution in [-0.2, 0) is 0 Å². The smallest absolute Gasteiger partial charge is 0.225 e. The Labute approximate surface area is 107 Å². The van der Waals surface area contributed by atoms with Gasteiger partial charge in [-0.05, 0) is 32.6 Å². The quantitative estimate of drug-likeness (QED) is 0.809. The van der Waals surface area contributed by atoms with E-state index in [9.17, 15) is 0 Å². The molecular formula is C12H20N4S. The molecule has 17 heavy (non-hydrogen) atoms. The van der Waals surface area contributed by atoms with Gasteiger partial charge >= 0.3 is 0 Å². The molecule has 1 aromatic rings. The molecule has 2 rings (SSSR count). The highest BCUT2D eigenvalue weighted by molar-refractivity contribution is 7.98. The Bertz CT molecular complexity index is 335. The van der Waals surface area contributed by atoms with Gasteiger partial charge in [0.05, 0.1) is 0 Å². The zero-order valence-electron chi connectivity index (χ0n) is 10.5. The molecule has 1 aliphatic rings. The van der Waals surface area contributed by atoms with E-state index in [1.165, 1.54) is 12.8 Å². The van der Waals surface area contributed by atoms with Gasteiger partial charge in [0.15, 0.2) is 0 Å². The number of hydrogen-bond donors (Lipinski definition) is 1. The summed E-state index contributed by atoms with van der Waals surface area (Å²) < 4.78 is 0. The fourth-order valence-electron chi connectivity index (χ4n) is 2.11. The number of nitrogens with zero attached hydrogens (tertiary/aromatic N) is 3. The van der Waals surface area contributed by atoms with E-state index in [-0.39, 0.29) is 0 Å². The third-order valence-corrected chi connectivity index (χ3v) is 3.80. The van der Waals surface area contributed by atoms with E-state index >= 15 is 0 Å². The molecule has 1 aromatic heterocycles. The maximum Gasteiger partial charge on any atom is 0.225 e. The maximum atomic E-state index is 4.43. The average Bonchev–Trinajstić information content (AvgIpc) is 2.89. The lowest BCUT2D eigenvalue weighted by Crippen LogP contribution is -2.38. The van der Waals surface area contributed by atoms with Crippen LogP contribution in [0.5, 0.6) is 0 Å². The third kappa shape index (κ3) is 3.33. The maximum absolute atomic E-state index is 4.43. The summed E-state index contributed by atoms with van der Waals surface area (Å²) in [5, 5.41) is 3.51. The van der Waals surface area contributed by atoms with Gasteiger partial charge in [-0.2, -0.15) is 0 Å². The third-order valence-electron chi connectivity index (χ3n) is 3.12. The molecule has 1 atom stereocenters. The first-order chi connectivity index (χ1) is 8.33. The number of nitrogens with one attached hydrogen (secondary N) is 1. The minimum atomic E-state index is 0.596. The lowest BCUT2D eigenvalue weighted by Gasteiger charge is -2.24. The number of hydrogen-bond acceptors (Lipinski definition) is 5. The molecule has 4 nitrogen and oxygen atoms in total. The Morgan fingerprint density at radius 1 is 1.47 bits per heavy atom. The normalized spacial score (nSPS) is 19.5. The second-order valence-corrected chi connectivity index (χ2v) is 5.13. The van der Waals surface area contributed by atoms with Crippen LogP contribution in [0.15, 0.2) is 17.3 Å². The van der Waals surface area contributed by atoms with E-state index in [2.05, 4.69) is 27.1 Å². The highest BCUT2D eigenvalue weighted by Gasteiger charge is 2.18. The standard InChI is InChI=1S/C12H20N4S/c1-3-16(9-10-5-4-6-13-10)12-14-7-11(17-2)8-15-12/h7-8,10,13H,3-6,9H2,1-2H3/t10-/m1/s1. The summed E-state index contributed by atoms with van der Waals surface area (Å²) in [4.78, 5) is 12.2. The van der Waals surface area contributed by atoms with Crippen molar-refractivity contribution in [3.05, 3.63) is 12.4 Å². The van der Waals surface area contributed by atoms with Gasteiger partial charge in [0.2, 0.25) is 5.95 Å². The first-order valence-corrected chi connectivity index (χ1v) is 7.40. The lowest BCUT2D eigenvalue weighted by molar-refractivity contribution is 0.580. The largest absolute Gasteiger partial charge is 0.340 e. The van der Waals surface area contributed by atoms with Gasteiger partial charge in [-0.25, -0.2) is 9.97 Å². The average molecular weight is 252 g/mol. The predicted octanol–water partition coefficient (Wildman–Crippen LogP) is 1.78. The highest BCUT2D eigenvalue weighted by Crippen LogP contribution is 2.15. The summed E-state index contributed by atoms with van der Waals surface area (Å²) in [6, 6.07) is 0.596. The van der Waals surface area contributed by atoms with E-state index in [0.29, 0.717) is 6.04 Å². The predicted molar refractivity (Wildman–Crippen MR) is 72.7 cm³/mol. The molecule has 1 fully saturated rings. The fraction of sp³-hybridized carbons (Fsp3) is 0.667. The van der Waals surface area contributed by atoms with E-state index in [1.54, 1.807) is 11.8 Å². The van der Waals surface area contributed by atoms with Crippen LogP contribution in [0.1, 0.15) is 19.8 Å². The summed E-state index contributed by atoms with van der Waals surface area (Å²) in [7, 11) is 0. The van der Waals surface area contributed by atoms with E-state index in [0.717, 1.165) is 30.5 Å². The minimum absolute atomic E-state index is 0.596. The first-order valence-electron chi connectivity index (χ1n) is 6.18. The Balaban J connectivity index is 2.00. The lowest BCUT2D eigenvalue weighted by atomic mass is 10.2. The molecule has 0 unspecified atom stereocenters. The minimum Gasteiger partial charge on any atom is -0.340 e. The molecule has 0 bridgehead atoms. The molecule has 1 N–H and O–H groups in total. The molecule has 0 spiro atoms. The molecule has 5 heteroatoms. The fourth-order valence-corrected chi connectivity index (χ4v) is 2.43. The molecule has 0 aromatic carbocycles. The molecule has 2 heterocycles. The van der Waals surface area contributed by atoms with Crippen molar-refractivity contribution in [3.63, 3.8) is 0 Å². The molecule has 94 valence electrons. The van der Waals surface area contributed by atoms with Crippen molar-refractivity contribution in [2.45, 2.75) is 30.7 Å². The zero-order chi connectivity index (χ0) is 12.1. The summed E-state index contributed by atoms with van der Waals surface area (Å²) >= 11 is 1.67. The van der Waals surface area contributed by atoms with Gasteiger partial charge in [-0.3, -0.25) is 0 Å². The summed E-state index contributed by atoms with van der Waals surface area (Å²) in [6.07, 6.45) is 8.39. The molecule has 0 amide bonds. The number of anilines is 1. The number of rotatable bonds is 5.